The summed E-state index contributed by atoms with van der Waals surface area (Å²) in [4.78, 5) is 0. The van der Waals surface area contributed by atoms with Crippen LogP contribution in [0.3, 0.4) is 0 Å². The lowest BCUT2D eigenvalue weighted by molar-refractivity contribution is 0.433. The minimum Gasteiger partial charge on any atom is -0.113 e. The molecule has 0 aliphatic carbocycles. The molecule has 0 aromatic rings. The van der Waals surface area contributed by atoms with Crippen LogP contribution in [-0.2, 0) is 0 Å². The second-order valence-electron chi connectivity index (χ2n) is 4.17. The lowest BCUT2D eigenvalue weighted by atomic mass is 9.97. The first kappa shape index (κ1) is 11.4. The molecule has 0 spiro atoms. The zero-order valence-electron chi connectivity index (χ0n) is 8.72. The molecule has 1 atom stereocenters. The fourth-order valence-corrected chi connectivity index (χ4v) is 2.99. The van der Waals surface area contributed by atoms with Gasteiger partial charge in [0.2, 0.25) is 0 Å². The maximum atomic E-state index is 2.39. The van der Waals surface area contributed by atoms with Gasteiger partial charge in [0.1, 0.15) is 0 Å². The second kappa shape index (κ2) is 6.00. The summed E-state index contributed by atoms with van der Waals surface area (Å²) in [6.07, 6.45) is 4.28. The van der Waals surface area contributed by atoms with Crippen molar-refractivity contribution in [3.05, 3.63) is 0 Å². The van der Waals surface area contributed by atoms with Crippen LogP contribution in [0.4, 0.5) is 0 Å². The predicted octanol–water partition coefficient (Wildman–Crippen LogP) is 3.80. The van der Waals surface area contributed by atoms with Crippen molar-refractivity contribution in [1.29, 1.82) is 0 Å². The Morgan fingerprint density at radius 3 is 2.00 bits per heavy atom. The van der Waals surface area contributed by atoms with Crippen LogP contribution < -0.4 is 0 Å². The molecule has 0 radical (unpaired) electrons. The summed E-state index contributed by atoms with van der Waals surface area (Å²) in [5.74, 6) is 1.88. The van der Waals surface area contributed by atoms with Crippen LogP contribution in [0.25, 0.3) is 0 Å². The van der Waals surface area contributed by atoms with Gasteiger partial charge in [-0.1, -0.05) is 27.2 Å². The average molecular weight is 174 g/mol. The Labute approximate surface area is 73.5 Å². The minimum absolute atomic E-state index is 0.324. The molecule has 0 aromatic heterocycles. The molecule has 0 nitrogen and oxygen atoms in total. The Balaban J connectivity index is 3.58. The van der Waals surface area contributed by atoms with Crippen molar-refractivity contribution in [3.63, 3.8) is 0 Å². The van der Waals surface area contributed by atoms with Crippen LogP contribution in [0.5, 0.6) is 0 Å². The number of rotatable bonds is 5. The molecule has 0 heterocycles. The first-order valence-electron chi connectivity index (χ1n) is 4.71. The molecule has 0 bridgehead atoms. The van der Waals surface area contributed by atoms with Gasteiger partial charge in [-0.25, -0.2) is 0 Å². The zero-order valence-corrected chi connectivity index (χ0v) is 9.62. The Kier molecular flexibility index (Phi) is 6.24. The normalized spacial score (nSPS) is 14.5. The van der Waals surface area contributed by atoms with Gasteiger partial charge in [-0.05, 0) is 37.7 Å². The van der Waals surface area contributed by atoms with Crippen LogP contribution >= 0.6 is 7.92 Å². The third-order valence-corrected chi connectivity index (χ3v) is 3.25. The van der Waals surface area contributed by atoms with E-state index in [0.29, 0.717) is 7.92 Å². The lowest BCUT2D eigenvalue weighted by Crippen LogP contribution is -2.06. The molecule has 1 heteroatoms. The van der Waals surface area contributed by atoms with Crippen LogP contribution in [0.1, 0.15) is 33.6 Å². The first-order chi connectivity index (χ1) is 5.06. The molecule has 68 valence electrons. The monoisotopic (exact) mass is 174 g/mol. The van der Waals surface area contributed by atoms with E-state index in [2.05, 4.69) is 34.1 Å². The lowest BCUT2D eigenvalue weighted by Gasteiger charge is -2.19. The van der Waals surface area contributed by atoms with Crippen molar-refractivity contribution in [1.82, 2.24) is 0 Å². The molecular weight excluding hydrogens is 151 g/mol. The molecular formula is C10H23P. The molecule has 0 N–H and O–H groups in total. The number of hydrogen-bond acceptors (Lipinski definition) is 0. The minimum atomic E-state index is 0.324. The summed E-state index contributed by atoms with van der Waals surface area (Å²) in [6, 6.07) is 0. The van der Waals surface area contributed by atoms with Gasteiger partial charge in [0.25, 0.3) is 0 Å². The summed E-state index contributed by atoms with van der Waals surface area (Å²) in [5, 5.41) is 0. The largest absolute Gasteiger partial charge is 0.113 e. The summed E-state index contributed by atoms with van der Waals surface area (Å²) >= 11 is 0. The van der Waals surface area contributed by atoms with E-state index in [-0.39, 0.29) is 0 Å². The Bertz CT molecular complexity index is 76.9. The highest BCUT2D eigenvalue weighted by Crippen LogP contribution is 2.31. The van der Waals surface area contributed by atoms with Crippen LogP contribution in [0, 0.1) is 11.8 Å². The Hall–Kier alpha value is 0.430. The van der Waals surface area contributed by atoms with Crippen LogP contribution in [0.15, 0.2) is 0 Å². The fraction of sp³-hybridized carbons (Fsp3) is 1.00. The topological polar surface area (TPSA) is 0 Å². The molecule has 0 saturated carbocycles. The van der Waals surface area contributed by atoms with Crippen LogP contribution in [0.2, 0.25) is 0 Å². The summed E-state index contributed by atoms with van der Waals surface area (Å²) < 4.78 is 0. The van der Waals surface area contributed by atoms with Gasteiger partial charge in [0.05, 0.1) is 0 Å². The second-order valence-corrected chi connectivity index (χ2v) is 6.69. The maximum Gasteiger partial charge on any atom is -0.0302 e. The number of hydrogen-bond donors (Lipinski definition) is 0. The van der Waals surface area contributed by atoms with Gasteiger partial charge in [0.15, 0.2) is 0 Å². The van der Waals surface area contributed by atoms with E-state index in [0.717, 1.165) is 11.8 Å². The standard InChI is InChI=1S/C10H23P/c1-6-10(7-9(2)3)8-11(4)5/h9-10H,6-8H2,1-5H3. The maximum absolute atomic E-state index is 2.39. The molecule has 0 aliphatic rings. The molecule has 11 heavy (non-hydrogen) atoms. The quantitative estimate of drug-likeness (QED) is 0.556. The molecule has 0 amide bonds. The smallest absolute Gasteiger partial charge is 0.0302 e. The van der Waals surface area contributed by atoms with Crippen molar-refractivity contribution < 1.29 is 0 Å². The van der Waals surface area contributed by atoms with E-state index >= 15 is 0 Å². The van der Waals surface area contributed by atoms with Gasteiger partial charge >= 0.3 is 0 Å². The zero-order chi connectivity index (χ0) is 8.85. The summed E-state index contributed by atoms with van der Waals surface area (Å²) in [6.45, 7) is 11.8. The van der Waals surface area contributed by atoms with E-state index in [4.69, 9.17) is 0 Å². The Morgan fingerprint density at radius 1 is 1.18 bits per heavy atom. The molecule has 0 rings (SSSR count). The third kappa shape index (κ3) is 6.81. The van der Waals surface area contributed by atoms with Gasteiger partial charge in [-0.2, -0.15) is 0 Å². The van der Waals surface area contributed by atoms with Gasteiger partial charge in [0, 0.05) is 0 Å². The molecule has 0 saturated heterocycles. The fourth-order valence-electron chi connectivity index (χ4n) is 1.55. The van der Waals surface area contributed by atoms with Crippen molar-refractivity contribution >= 4 is 7.92 Å². The van der Waals surface area contributed by atoms with Crippen molar-refractivity contribution in [2.24, 2.45) is 11.8 Å². The van der Waals surface area contributed by atoms with Gasteiger partial charge < -0.3 is 0 Å². The van der Waals surface area contributed by atoms with E-state index < -0.39 is 0 Å². The van der Waals surface area contributed by atoms with E-state index in [1.807, 2.05) is 0 Å². The van der Waals surface area contributed by atoms with Gasteiger partial charge in [-0.15, -0.1) is 7.92 Å². The average Bonchev–Trinajstić information content (AvgIpc) is 1.84. The van der Waals surface area contributed by atoms with Crippen molar-refractivity contribution in [2.75, 3.05) is 19.5 Å². The molecule has 0 fully saturated rings. The Morgan fingerprint density at radius 2 is 1.73 bits per heavy atom. The van der Waals surface area contributed by atoms with Crippen molar-refractivity contribution in [3.8, 4) is 0 Å². The van der Waals surface area contributed by atoms with E-state index in [1.54, 1.807) is 0 Å². The van der Waals surface area contributed by atoms with Crippen LogP contribution in [-0.4, -0.2) is 19.5 Å². The highest BCUT2D eigenvalue weighted by Gasteiger charge is 2.09. The molecule has 1 unspecified atom stereocenters. The SMILES string of the molecule is CCC(CC(C)C)CP(C)C. The van der Waals surface area contributed by atoms with Gasteiger partial charge in [-0.3, -0.25) is 0 Å². The van der Waals surface area contributed by atoms with E-state index in [9.17, 15) is 0 Å². The van der Waals surface area contributed by atoms with E-state index in [1.165, 1.54) is 19.0 Å². The first-order valence-corrected chi connectivity index (χ1v) is 7.13. The van der Waals surface area contributed by atoms with Crippen molar-refractivity contribution in [2.45, 2.75) is 33.6 Å². The third-order valence-electron chi connectivity index (χ3n) is 2.01. The molecule has 0 aromatic carbocycles. The highest BCUT2D eigenvalue weighted by atomic mass is 31.1. The molecule has 0 aliphatic heterocycles. The predicted molar refractivity (Wildman–Crippen MR) is 56.9 cm³/mol. The highest BCUT2D eigenvalue weighted by molar-refractivity contribution is 7.55. The summed E-state index contributed by atoms with van der Waals surface area (Å²) in [5.41, 5.74) is 0. The summed E-state index contributed by atoms with van der Waals surface area (Å²) in [7, 11) is 0.324.